The van der Waals surface area contributed by atoms with Gasteiger partial charge in [0.25, 0.3) is 0 Å². The molecule has 1 heterocycles. The van der Waals surface area contributed by atoms with E-state index >= 15 is 0 Å². The Labute approximate surface area is 89.4 Å². The highest BCUT2D eigenvalue weighted by Crippen LogP contribution is 2.44. The first-order valence-corrected chi connectivity index (χ1v) is 5.23. The minimum absolute atomic E-state index is 0.175. The third-order valence-electron chi connectivity index (χ3n) is 2.81. The first-order valence-electron chi connectivity index (χ1n) is 5.23. The van der Waals surface area contributed by atoms with Gasteiger partial charge in [-0.25, -0.2) is 0 Å². The van der Waals surface area contributed by atoms with E-state index in [1.807, 2.05) is 12.1 Å². The zero-order valence-electron chi connectivity index (χ0n) is 8.39. The molecule has 0 saturated carbocycles. The molecule has 0 saturated heterocycles. The standard InChI is InChI=1S/C14H12O/c1-2-4-8-11(7-3-1)14-12-9-5-6-10-13(12)15-14/h1-7,9-10,14H,8H2. The molecule has 1 aliphatic heterocycles. The van der Waals surface area contributed by atoms with E-state index in [0.29, 0.717) is 0 Å². The van der Waals surface area contributed by atoms with Gasteiger partial charge in [0.1, 0.15) is 11.9 Å². The monoisotopic (exact) mass is 196 g/mol. The van der Waals surface area contributed by atoms with Crippen molar-refractivity contribution >= 4 is 0 Å². The van der Waals surface area contributed by atoms with E-state index in [1.54, 1.807) is 0 Å². The van der Waals surface area contributed by atoms with Gasteiger partial charge < -0.3 is 4.74 Å². The summed E-state index contributed by atoms with van der Waals surface area (Å²) >= 11 is 0. The molecule has 0 radical (unpaired) electrons. The second kappa shape index (κ2) is 3.43. The summed E-state index contributed by atoms with van der Waals surface area (Å²) in [6.07, 6.45) is 11.7. The lowest BCUT2D eigenvalue weighted by Gasteiger charge is -2.32. The first-order chi connectivity index (χ1) is 7.45. The van der Waals surface area contributed by atoms with Crippen LogP contribution in [0.25, 0.3) is 0 Å². The molecular weight excluding hydrogens is 184 g/mol. The number of para-hydroxylation sites is 1. The van der Waals surface area contributed by atoms with Crippen LogP contribution in [-0.2, 0) is 0 Å². The summed E-state index contributed by atoms with van der Waals surface area (Å²) in [5, 5.41) is 0. The summed E-state index contributed by atoms with van der Waals surface area (Å²) in [6, 6.07) is 8.24. The third kappa shape index (κ3) is 1.40. The van der Waals surface area contributed by atoms with Crippen molar-refractivity contribution in [1.29, 1.82) is 0 Å². The van der Waals surface area contributed by atoms with Crippen molar-refractivity contribution in [2.45, 2.75) is 12.5 Å². The fourth-order valence-corrected chi connectivity index (χ4v) is 2.00. The van der Waals surface area contributed by atoms with Crippen molar-refractivity contribution in [1.82, 2.24) is 0 Å². The number of allylic oxidation sites excluding steroid dienone is 5. The second-order valence-electron chi connectivity index (χ2n) is 3.79. The lowest BCUT2D eigenvalue weighted by Crippen LogP contribution is -2.20. The van der Waals surface area contributed by atoms with E-state index in [9.17, 15) is 0 Å². The van der Waals surface area contributed by atoms with Crippen molar-refractivity contribution in [3.05, 3.63) is 65.8 Å². The predicted molar refractivity (Wildman–Crippen MR) is 60.8 cm³/mol. The second-order valence-corrected chi connectivity index (χ2v) is 3.79. The van der Waals surface area contributed by atoms with E-state index < -0.39 is 0 Å². The first kappa shape index (κ1) is 8.54. The molecule has 1 heteroatoms. The molecule has 0 N–H and O–H groups in total. The summed E-state index contributed by atoms with van der Waals surface area (Å²) in [4.78, 5) is 0. The molecule has 15 heavy (non-hydrogen) atoms. The molecular formula is C14H12O. The van der Waals surface area contributed by atoms with Crippen LogP contribution in [0.1, 0.15) is 18.1 Å². The number of fused-ring (bicyclic) bond motifs is 1. The zero-order chi connectivity index (χ0) is 10.1. The highest BCUT2D eigenvalue weighted by atomic mass is 16.5. The zero-order valence-corrected chi connectivity index (χ0v) is 8.39. The highest BCUT2D eigenvalue weighted by Gasteiger charge is 2.29. The van der Waals surface area contributed by atoms with Crippen LogP contribution in [0, 0.1) is 0 Å². The molecule has 1 nitrogen and oxygen atoms in total. The average molecular weight is 196 g/mol. The minimum Gasteiger partial charge on any atom is -0.481 e. The van der Waals surface area contributed by atoms with Crippen molar-refractivity contribution < 1.29 is 4.74 Å². The van der Waals surface area contributed by atoms with Gasteiger partial charge >= 0.3 is 0 Å². The number of benzene rings is 1. The van der Waals surface area contributed by atoms with Gasteiger partial charge in [0.15, 0.2) is 0 Å². The van der Waals surface area contributed by atoms with Crippen LogP contribution in [0.15, 0.2) is 60.2 Å². The molecule has 0 aromatic heterocycles. The Morgan fingerprint density at radius 2 is 2.00 bits per heavy atom. The summed E-state index contributed by atoms with van der Waals surface area (Å²) in [5.74, 6) is 1.03. The van der Waals surface area contributed by atoms with Gasteiger partial charge in [-0.1, -0.05) is 48.6 Å². The van der Waals surface area contributed by atoms with E-state index in [4.69, 9.17) is 4.74 Å². The predicted octanol–water partition coefficient (Wildman–Crippen LogP) is 3.56. The molecule has 0 amide bonds. The van der Waals surface area contributed by atoms with Crippen molar-refractivity contribution in [2.24, 2.45) is 0 Å². The number of hydrogen-bond donors (Lipinski definition) is 0. The number of hydrogen-bond acceptors (Lipinski definition) is 1. The molecule has 1 atom stereocenters. The molecule has 1 unspecified atom stereocenters. The Kier molecular flexibility index (Phi) is 1.95. The maximum absolute atomic E-state index is 5.74. The van der Waals surface area contributed by atoms with Gasteiger partial charge in [-0.2, -0.15) is 0 Å². The Morgan fingerprint density at radius 3 is 2.93 bits per heavy atom. The quantitative estimate of drug-likeness (QED) is 0.667. The molecule has 74 valence electrons. The molecule has 1 aromatic carbocycles. The van der Waals surface area contributed by atoms with Crippen molar-refractivity contribution in [3.63, 3.8) is 0 Å². The highest BCUT2D eigenvalue weighted by molar-refractivity contribution is 5.47. The molecule has 1 aliphatic carbocycles. The average Bonchev–Trinajstić information content (AvgIpc) is 2.49. The maximum atomic E-state index is 5.74. The molecule has 0 bridgehead atoms. The molecule has 3 rings (SSSR count). The minimum atomic E-state index is 0.175. The van der Waals surface area contributed by atoms with Crippen LogP contribution < -0.4 is 4.74 Å². The normalized spacial score (nSPS) is 22.1. The lowest BCUT2D eigenvalue weighted by atomic mass is 9.94. The molecule has 1 aromatic rings. The summed E-state index contributed by atoms with van der Waals surface area (Å²) in [5.41, 5.74) is 2.64. The summed E-state index contributed by atoms with van der Waals surface area (Å²) < 4.78 is 5.74. The van der Waals surface area contributed by atoms with Crippen LogP contribution in [0.2, 0.25) is 0 Å². The largest absolute Gasteiger partial charge is 0.481 e. The van der Waals surface area contributed by atoms with Crippen molar-refractivity contribution in [3.8, 4) is 5.75 Å². The Morgan fingerprint density at radius 1 is 1.07 bits per heavy atom. The van der Waals surface area contributed by atoms with Crippen LogP contribution >= 0.6 is 0 Å². The lowest BCUT2D eigenvalue weighted by molar-refractivity contribution is 0.179. The van der Waals surface area contributed by atoms with Crippen LogP contribution in [0.3, 0.4) is 0 Å². The topological polar surface area (TPSA) is 9.23 Å². The van der Waals surface area contributed by atoms with Crippen LogP contribution in [-0.4, -0.2) is 0 Å². The smallest absolute Gasteiger partial charge is 0.149 e. The maximum Gasteiger partial charge on any atom is 0.149 e. The van der Waals surface area contributed by atoms with E-state index in [1.165, 1.54) is 11.1 Å². The Bertz CT molecular complexity index is 466. The van der Waals surface area contributed by atoms with Gasteiger partial charge in [-0.05, 0) is 18.1 Å². The van der Waals surface area contributed by atoms with Crippen molar-refractivity contribution in [2.75, 3.05) is 0 Å². The molecule has 0 spiro atoms. The van der Waals surface area contributed by atoms with E-state index in [2.05, 4.69) is 42.5 Å². The van der Waals surface area contributed by atoms with Gasteiger partial charge in [0.2, 0.25) is 0 Å². The number of rotatable bonds is 1. The van der Waals surface area contributed by atoms with Crippen LogP contribution in [0.4, 0.5) is 0 Å². The van der Waals surface area contributed by atoms with Gasteiger partial charge in [-0.15, -0.1) is 0 Å². The Balaban J connectivity index is 1.90. The van der Waals surface area contributed by atoms with Gasteiger partial charge in [0, 0.05) is 5.56 Å². The fraction of sp³-hybridized carbons (Fsp3) is 0.143. The molecule has 2 aliphatic rings. The SMILES string of the molecule is C1=CC=C(C2Oc3ccccc32)CC=C1. The van der Waals surface area contributed by atoms with Gasteiger partial charge in [-0.3, -0.25) is 0 Å². The summed E-state index contributed by atoms with van der Waals surface area (Å²) in [6.45, 7) is 0. The van der Waals surface area contributed by atoms with E-state index in [0.717, 1.165) is 12.2 Å². The fourth-order valence-electron chi connectivity index (χ4n) is 2.00. The third-order valence-corrected chi connectivity index (χ3v) is 2.81. The number of ether oxygens (including phenoxy) is 1. The Hall–Kier alpha value is -1.76. The van der Waals surface area contributed by atoms with Crippen LogP contribution in [0.5, 0.6) is 5.75 Å². The summed E-state index contributed by atoms with van der Waals surface area (Å²) in [7, 11) is 0. The molecule has 0 fully saturated rings. The van der Waals surface area contributed by atoms with E-state index in [-0.39, 0.29) is 6.10 Å². The van der Waals surface area contributed by atoms with Gasteiger partial charge in [0.05, 0.1) is 0 Å².